The van der Waals surface area contributed by atoms with E-state index >= 15 is 0 Å². The van der Waals surface area contributed by atoms with E-state index in [2.05, 4.69) is 14.6 Å². The highest BCUT2D eigenvalue weighted by atomic mass is 32.2. The van der Waals surface area contributed by atoms with Gasteiger partial charge in [-0.1, -0.05) is 6.07 Å². The Hall–Kier alpha value is -2.09. The summed E-state index contributed by atoms with van der Waals surface area (Å²) in [7, 11) is 1.37. The molecule has 0 aliphatic carbocycles. The summed E-state index contributed by atoms with van der Waals surface area (Å²) < 4.78 is 34.2. The standard InChI is InChI=1S/C17H18F2N2O3S/c1-23-13-9-11(5-6-12(13)24-16(18)19)10-14-15(22)20-17(25-14)21-7-3-2-4-8-21/h5-6,9-10,16H,2-4,7-8H2,1H3. The minimum absolute atomic E-state index is 0.0460. The van der Waals surface area contributed by atoms with Crippen molar-refractivity contribution in [3.05, 3.63) is 28.7 Å². The largest absolute Gasteiger partial charge is 0.493 e. The zero-order valence-electron chi connectivity index (χ0n) is 13.7. The van der Waals surface area contributed by atoms with Gasteiger partial charge in [-0.15, -0.1) is 0 Å². The Bertz CT molecular complexity index is 716. The predicted molar refractivity (Wildman–Crippen MR) is 93.1 cm³/mol. The molecule has 0 aromatic heterocycles. The van der Waals surface area contributed by atoms with Crippen LogP contribution in [0, 0.1) is 0 Å². The molecule has 1 aromatic carbocycles. The van der Waals surface area contributed by atoms with E-state index in [4.69, 9.17) is 4.74 Å². The van der Waals surface area contributed by atoms with Gasteiger partial charge in [-0.25, -0.2) is 0 Å². The number of halogens is 2. The first kappa shape index (κ1) is 17.7. The number of likely N-dealkylation sites (tertiary alicyclic amines) is 1. The van der Waals surface area contributed by atoms with Gasteiger partial charge in [0, 0.05) is 13.1 Å². The first-order chi connectivity index (χ1) is 12.1. The van der Waals surface area contributed by atoms with Gasteiger partial charge in [0.15, 0.2) is 16.7 Å². The van der Waals surface area contributed by atoms with Crippen molar-refractivity contribution in [2.24, 2.45) is 4.99 Å². The quantitative estimate of drug-likeness (QED) is 0.758. The monoisotopic (exact) mass is 368 g/mol. The van der Waals surface area contributed by atoms with E-state index in [-0.39, 0.29) is 17.4 Å². The van der Waals surface area contributed by atoms with Crippen molar-refractivity contribution in [3.63, 3.8) is 0 Å². The predicted octanol–water partition coefficient (Wildman–Crippen LogP) is 3.75. The number of piperidine rings is 1. The molecule has 8 heteroatoms. The number of hydrogen-bond acceptors (Lipinski definition) is 5. The van der Waals surface area contributed by atoms with Crippen molar-refractivity contribution >= 4 is 28.9 Å². The molecule has 1 saturated heterocycles. The number of carbonyl (C=O) groups excluding carboxylic acids is 1. The number of thioether (sulfide) groups is 1. The van der Waals surface area contributed by atoms with Crippen LogP contribution >= 0.6 is 11.8 Å². The van der Waals surface area contributed by atoms with Crippen LogP contribution in [-0.2, 0) is 4.79 Å². The van der Waals surface area contributed by atoms with Crippen molar-refractivity contribution in [2.45, 2.75) is 25.9 Å². The van der Waals surface area contributed by atoms with E-state index in [1.54, 1.807) is 18.2 Å². The number of carbonyl (C=O) groups is 1. The van der Waals surface area contributed by atoms with Crippen molar-refractivity contribution in [1.29, 1.82) is 0 Å². The van der Waals surface area contributed by atoms with Crippen LogP contribution < -0.4 is 9.47 Å². The molecule has 1 fully saturated rings. The van der Waals surface area contributed by atoms with E-state index in [0.717, 1.165) is 31.1 Å². The van der Waals surface area contributed by atoms with E-state index in [9.17, 15) is 13.6 Å². The number of aliphatic imine (C=N–C) groups is 1. The fourth-order valence-electron chi connectivity index (χ4n) is 2.74. The average molecular weight is 368 g/mol. The van der Waals surface area contributed by atoms with Gasteiger partial charge in [0.1, 0.15) is 0 Å². The van der Waals surface area contributed by atoms with Crippen LogP contribution in [0.1, 0.15) is 24.8 Å². The molecule has 1 amide bonds. The summed E-state index contributed by atoms with van der Waals surface area (Å²) in [5, 5.41) is 0.737. The van der Waals surface area contributed by atoms with Gasteiger partial charge in [-0.3, -0.25) is 4.79 Å². The number of amidine groups is 1. The van der Waals surface area contributed by atoms with Crippen molar-refractivity contribution in [1.82, 2.24) is 4.90 Å². The lowest BCUT2D eigenvalue weighted by atomic mass is 10.1. The minimum atomic E-state index is -2.93. The highest BCUT2D eigenvalue weighted by molar-refractivity contribution is 8.18. The van der Waals surface area contributed by atoms with Gasteiger partial charge in [-0.05, 0) is 54.8 Å². The summed E-state index contributed by atoms with van der Waals surface area (Å²) in [5.74, 6) is -0.143. The maximum Gasteiger partial charge on any atom is 0.387 e. The molecule has 0 bridgehead atoms. The van der Waals surface area contributed by atoms with Crippen molar-refractivity contribution in [2.75, 3.05) is 20.2 Å². The summed E-state index contributed by atoms with van der Waals surface area (Å²) in [6.45, 7) is -1.09. The van der Waals surface area contributed by atoms with E-state index in [0.29, 0.717) is 10.5 Å². The molecule has 134 valence electrons. The second-order valence-electron chi connectivity index (χ2n) is 5.65. The summed E-state index contributed by atoms with van der Waals surface area (Å²) in [4.78, 5) is 18.9. The third kappa shape index (κ3) is 4.31. The molecule has 0 saturated carbocycles. The first-order valence-corrected chi connectivity index (χ1v) is 8.79. The number of ether oxygens (including phenoxy) is 2. The zero-order valence-corrected chi connectivity index (χ0v) is 14.5. The van der Waals surface area contributed by atoms with Crippen LogP contribution in [0.25, 0.3) is 6.08 Å². The SMILES string of the molecule is COc1cc(C=C2SC(N3CCCCC3)=NC2=O)ccc1OC(F)F. The van der Waals surface area contributed by atoms with Crippen LogP contribution in [0.4, 0.5) is 8.78 Å². The molecular formula is C17H18F2N2O3S. The topological polar surface area (TPSA) is 51.1 Å². The Morgan fingerprint density at radius 2 is 2.00 bits per heavy atom. The molecule has 0 N–H and O–H groups in total. The van der Waals surface area contributed by atoms with Crippen molar-refractivity contribution in [3.8, 4) is 11.5 Å². The zero-order chi connectivity index (χ0) is 17.8. The Labute approximate surface area is 148 Å². The number of amides is 1. The van der Waals surface area contributed by atoms with Gasteiger partial charge >= 0.3 is 6.61 Å². The Kier molecular flexibility index (Phi) is 5.57. The van der Waals surface area contributed by atoms with E-state index in [1.807, 2.05) is 0 Å². The molecule has 2 heterocycles. The molecule has 2 aliphatic heterocycles. The Balaban J connectivity index is 1.76. The maximum absolute atomic E-state index is 12.4. The number of benzene rings is 1. The maximum atomic E-state index is 12.4. The fraction of sp³-hybridized carbons (Fsp3) is 0.412. The smallest absolute Gasteiger partial charge is 0.387 e. The number of methoxy groups -OCH3 is 1. The number of alkyl halides is 2. The summed E-state index contributed by atoms with van der Waals surface area (Å²) in [5.41, 5.74) is 0.657. The fourth-order valence-corrected chi connectivity index (χ4v) is 3.70. The molecule has 5 nitrogen and oxygen atoms in total. The van der Waals surface area contributed by atoms with Gasteiger partial charge in [0.2, 0.25) is 0 Å². The average Bonchev–Trinajstić information content (AvgIpc) is 2.97. The number of rotatable bonds is 4. The summed E-state index contributed by atoms with van der Waals surface area (Å²) >= 11 is 1.34. The van der Waals surface area contributed by atoms with E-state index in [1.165, 1.54) is 31.4 Å². The molecule has 0 radical (unpaired) electrons. The Morgan fingerprint density at radius 3 is 2.68 bits per heavy atom. The van der Waals surface area contributed by atoms with Gasteiger partial charge in [0.25, 0.3) is 5.91 Å². The molecule has 25 heavy (non-hydrogen) atoms. The van der Waals surface area contributed by atoms with Crippen LogP contribution in [0.2, 0.25) is 0 Å². The first-order valence-electron chi connectivity index (χ1n) is 7.97. The molecule has 0 unspecified atom stereocenters. The molecule has 0 atom stereocenters. The lowest BCUT2D eigenvalue weighted by Gasteiger charge is -2.27. The number of nitrogens with zero attached hydrogens (tertiary/aromatic N) is 2. The second kappa shape index (κ2) is 7.86. The molecule has 3 rings (SSSR count). The van der Waals surface area contributed by atoms with Gasteiger partial charge < -0.3 is 14.4 Å². The highest BCUT2D eigenvalue weighted by Gasteiger charge is 2.27. The van der Waals surface area contributed by atoms with Crippen LogP contribution in [0.15, 0.2) is 28.1 Å². The number of hydrogen-bond donors (Lipinski definition) is 0. The van der Waals surface area contributed by atoms with Gasteiger partial charge in [-0.2, -0.15) is 13.8 Å². The minimum Gasteiger partial charge on any atom is -0.493 e. The molecule has 2 aliphatic rings. The second-order valence-corrected chi connectivity index (χ2v) is 6.66. The van der Waals surface area contributed by atoms with Gasteiger partial charge in [0.05, 0.1) is 12.0 Å². The normalized spacial score (nSPS) is 19.5. The molecule has 1 aromatic rings. The highest BCUT2D eigenvalue weighted by Crippen LogP contribution is 2.34. The summed E-state index contributed by atoms with van der Waals surface area (Å²) in [6, 6.07) is 4.55. The van der Waals surface area contributed by atoms with Crippen LogP contribution in [0.5, 0.6) is 11.5 Å². The summed E-state index contributed by atoms with van der Waals surface area (Å²) in [6.07, 6.45) is 5.10. The lowest BCUT2D eigenvalue weighted by Crippen LogP contribution is -2.33. The lowest BCUT2D eigenvalue weighted by molar-refractivity contribution is -0.113. The molecular weight excluding hydrogens is 350 g/mol. The van der Waals surface area contributed by atoms with E-state index < -0.39 is 6.61 Å². The third-order valence-corrected chi connectivity index (χ3v) is 4.98. The Morgan fingerprint density at radius 1 is 1.24 bits per heavy atom. The van der Waals surface area contributed by atoms with Crippen LogP contribution in [0.3, 0.4) is 0 Å². The molecule has 0 spiro atoms. The third-order valence-electron chi connectivity index (χ3n) is 3.94. The van der Waals surface area contributed by atoms with Crippen LogP contribution in [-0.4, -0.2) is 42.8 Å². The van der Waals surface area contributed by atoms with Crippen molar-refractivity contribution < 1.29 is 23.0 Å².